The van der Waals surface area contributed by atoms with Gasteiger partial charge in [-0.25, -0.2) is 0 Å². The number of fused-ring (bicyclic) bond motifs is 3. The van der Waals surface area contributed by atoms with E-state index in [1.807, 2.05) is 9.69 Å². The molecule has 0 saturated heterocycles. The van der Waals surface area contributed by atoms with Crippen molar-refractivity contribution in [1.82, 2.24) is 0 Å². The van der Waals surface area contributed by atoms with Crippen molar-refractivity contribution in [2.75, 3.05) is 0 Å². The lowest BCUT2D eigenvalue weighted by molar-refractivity contribution is 1.77. The van der Waals surface area contributed by atoms with Crippen molar-refractivity contribution in [3.05, 3.63) is 6.07 Å². The Bertz CT molecular complexity index is 837. The van der Waals surface area contributed by atoms with Crippen LogP contribution in [0.15, 0.2) is 6.07 Å². The topological polar surface area (TPSA) is 0 Å². The molecule has 138 valence electrons. The summed E-state index contributed by atoms with van der Waals surface area (Å²) in [5, 5.41) is 1.86. The van der Waals surface area contributed by atoms with E-state index in [2.05, 4.69) is 101 Å². The summed E-state index contributed by atoms with van der Waals surface area (Å²) in [6, 6.07) is 2.64. The van der Waals surface area contributed by atoms with Gasteiger partial charge in [0.1, 0.15) is 8.07 Å². The highest BCUT2D eigenvalue weighted by molar-refractivity contribution is 7.43. The van der Waals surface area contributed by atoms with Crippen molar-refractivity contribution < 1.29 is 0 Å². The fourth-order valence-electron chi connectivity index (χ4n) is 3.86. The van der Waals surface area contributed by atoms with Gasteiger partial charge in [0.2, 0.25) is 0 Å². The molecule has 0 aromatic carbocycles. The Balaban J connectivity index is 2.40. The van der Waals surface area contributed by atoms with Crippen molar-refractivity contribution in [1.29, 1.82) is 0 Å². The minimum atomic E-state index is -1.54. The van der Waals surface area contributed by atoms with Crippen LogP contribution in [-0.4, -0.2) is 32.3 Å². The Kier molecular flexibility index (Phi) is 4.51. The third-order valence-electron chi connectivity index (χ3n) is 5.20. The molecule has 0 unspecified atom stereocenters. The monoisotopic (exact) mass is 438 g/mol. The smallest absolute Gasteiger partial charge is 0.127 e. The lowest BCUT2D eigenvalue weighted by atomic mass is 10.2. The van der Waals surface area contributed by atoms with Crippen LogP contribution in [0.5, 0.6) is 0 Å². The number of hydrogen-bond acceptors (Lipinski definition) is 2. The third kappa shape index (κ3) is 3.10. The molecule has 2 aromatic rings. The van der Waals surface area contributed by atoms with Crippen LogP contribution in [0.2, 0.25) is 72.0 Å². The molecular weight excluding hydrogens is 405 g/mol. The molecule has 0 atom stereocenters. The van der Waals surface area contributed by atoms with Gasteiger partial charge in [0.25, 0.3) is 0 Å². The molecule has 25 heavy (non-hydrogen) atoms. The molecule has 0 aliphatic carbocycles. The summed E-state index contributed by atoms with van der Waals surface area (Å²) < 4.78 is 7.13. The van der Waals surface area contributed by atoms with Crippen LogP contribution in [0.25, 0.3) is 11.1 Å². The van der Waals surface area contributed by atoms with E-state index in [4.69, 9.17) is 0 Å². The van der Waals surface area contributed by atoms with Gasteiger partial charge >= 0.3 is 0 Å². The quantitative estimate of drug-likeness (QED) is 0.628. The first-order valence-corrected chi connectivity index (χ1v) is 24.5. The van der Waals surface area contributed by atoms with Gasteiger partial charge in [0.15, 0.2) is 0 Å². The molecule has 1 aliphatic heterocycles. The van der Waals surface area contributed by atoms with Crippen molar-refractivity contribution in [2.45, 2.75) is 72.0 Å². The van der Waals surface area contributed by atoms with Gasteiger partial charge in [0.05, 0.1) is 24.2 Å². The maximum Gasteiger partial charge on any atom is 0.127 e. The van der Waals surface area contributed by atoms with Crippen molar-refractivity contribution in [3.8, 4) is 11.1 Å². The summed E-state index contributed by atoms with van der Waals surface area (Å²) in [5.74, 6) is 0. The van der Waals surface area contributed by atoms with E-state index in [-0.39, 0.29) is 0 Å². The van der Waals surface area contributed by atoms with E-state index < -0.39 is 32.3 Å². The average Bonchev–Trinajstić information content (AvgIpc) is 3.01. The molecule has 0 saturated carbocycles. The van der Waals surface area contributed by atoms with Gasteiger partial charge in [-0.3, -0.25) is 0 Å². The minimum absolute atomic E-state index is 1.24. The van der Waals surface area contributed by atoms with Gasteiger partial charge < -0.3 is 0 Å². The molecule has 3 heterocycles. The first-order valence-electron chi connectivity index (χ1n) is 9.39. The number of thiophene rings is 2. The average molecular weight is 439 g/mol. The molecule has 3 rings (SSSR count). The zero-order valence-corrected chi connectivity index (χ0v) is 23.5. The van der Waals surface area contributed by atoms with E-state index in [1.165, 1.54) is 0 Å². The molecule has 6 heteroatoms. The lowest BCUT2D eigenvalue weighted by Gasteiger charge is -2.24. The van der Waals surface area contributed by atoms with Crippen LogP contribution in [-0.2, 0) is 0 Å². The largest absolute Gasteiger partial charge is 0.154 e. The van der Waals surface area contributed by atoms with E-state index in [0.29, 0.717) is 0 Å². The fourth-order valence-corrected chi connectivity index (χ4v) is 20.3. The molecule has 0 fully saturated rings. The van der Waals surface area contributed by atoms with E-state index in [9.17, 15) is 0 Å². The van der Waals surface area contributed by atoms with Crippen molar-refractivity contribution in [2.24, 2.45) is 0 Å². The summed E-state index contributed by atoms with van der Waals surface area (Å²) >= 11 is 4.43. The Morgan fingerprint density at radius 3 is 1.68 bits per heavy atom. The molecule has 0 bridgehead atoms. The van der Waals surface area contributed by atoms with E-state index in [0.717, 1.165) is 0 Å². The van der Waals surface area contributed by atoms with Crippen molar-refractivity contribution in [3.63, 3.8) is 0 Å². The highest BCUT2D eigenvalue weighted by Crippen LogP contribution is 2.34. The molecule has 0 spiro atoms. The predicted molar refractivity (Wildman–Crippen MR) is 133 cm³/mol. The molecule has 2 aromatic heterocycles. The Hall–Kier alpha value is 0.268. The highest BCUT2D eigenvalue weighted by Gasteiger charge is 2.48. The maximum atomic E-state index is 2.64. The summed E-state index contributed by atoms with van der Waals surface area (Å²) in [6.07, 6.45) is 0. The zero-order valence-electron chi connectivity index (χ0n) is 17.9. The second-order valence-corrected chi connectivity index (χ2v) is 34.0. The second kappa shape index (κ2) is 5.64. The SMILES string of the molecule is C[Si](C)(C)c1cc2c(s1)[Si](C)(C)c1c([Si](C)(C)C)sc([Si](C)(C)C)c1-2. The van der Waals surface area contributed by atoms with Gasteiger partial charge in [-0.05, 0) is 35.9 Å². The summed E-state index contributed by atoms with van der Waals surface area (Å²) in [7, 11) is -5.43. The first-order chi connectivity index (χ1) is 11.1. The zero-order chi connectivity index (χ0) is 19.2. The normalized spacial score (nSPS) is 16.9. The van der Waals surface area contributed by atoms with Crippen molar-refractivity contribution >= 4 is 78.2 Å². The first kappa shape index (κ1) is 20.0. The standard InChI is InChI=1S/C19H34S2Si4/c1-22(2,3)14-12-13-15-16(25(10,11)17(13)20-14)19(24(7,8)9)21-18(15)23(4,5)6/h12H,1-11H3. The van der Waals surface area contributed by atoms with Crippen LogP contribution in [0.1, 0.15) is 0 Å². The minimum Gasteiger partial charge on any atom is -0.154 e. The van der Waals surface area contributed by atoms with E-state index >= 15 is 0 Å². The number of hydrogen-bond donors (Lipinski definition) is 0. The van der Waals surface area contributed by atoms with Gasteiger partial charge in [-0.15, -0.1) is 0 Å². The third-order valence-corrected chi connectivity index (χ3v) is 23.5. The molecular formula is C19H34S2Si4. The van der Waals surface area contributed by atoms with Gasteiger partial charge in [0, 0.05) is 4.50 Å². The Labute approximate surface area is 166 Å². The van der Waals surface area contributed by atoms with Crippen LogP contribution in [0.3, 0.4) is 0 Å². The van der Waals surface area contributed by atoms with E-state index in [1.54, 1.807) is 24.6 Å². The van der Waals surface area contributed by atoms with Crippen LogP contribution < -0.4 is 23.2 Å². The fraction of sp³-hybridized carbons (Fsp3) is 0.579. The molecule has 0 N–H and O–H groups in total. The summed E-state index contributed by atoms with van der Waals surface area (Å²) in [6.45, 7) is 28.1. The molecule has 0 amide bonds. The molecule has 0 nitrogen and oxygen atoms in total. The van der Waals surface area contributed by atoms with Crippen LogP contribution in [0.4, 0.5) is 0 Å². The molecule has 0 radical (unpaired) electrons. The Morgan fingerprint density at radius 1 is 0.720 bits per heavy atom. The highest BCUT2D eigenvalue weighted by atomic mass is 32.1. The maximum absolute atomic E-state index is 2.64. The number of rotatable bonds is 3. The van der Waals surface area contributed by atoms with Gasteiger partial charge in [-0.1, -0.05) is 72.0 Å². The summed E-state index contributed by atoms with van der Waals surface area (Å²) in [4.78, 5) is 0. The second-order valence-electron chi connectivity index (χ2n) is 11.2. The Morgan fingerprint density at radius 2 is 1.24 bits per heavy atom. The predicted octanol–water partition coefficient (Wildman–Crippen LogP) is 4.25. The van der Waals surface area contributed by atoms with Gasteiger partial charge in [-0.2, -0.15) is 22.7 Å². The van der Waals surface area contributed by atoms with Crippen LogP contribution >= 0.6 is 22.7 Å². The molecule has 1 aliphatic rings. The summed E-state index contributed by atoms with van der Waals surface area (Å²) in [5.41, 5.74) is 3.42. The van der Waals surface area contributed by atoms with Crippen LogP contribution in [0, 0.1) is 0 Å². The lowest BCUT2D eigenvalue weighted by Crippen LogP contribution is -2.58.